The van der Waals surface area contributed by atoms with Crippen LogP contribution in [0.2, 0.25) is 0 Å². The molecule has 4 N–H and O–H groups in total. The van der Waals surface area contributed by atoms with E-state index in [1.165, 1.54) is 64.9 Å². The number of carboxylic acids is 1. The number of carbonyl (C=O) groups excluding carboxylic acids is 3. The fraction of sp³-hybridized carbons (Fsp3) is 0.316. The molecule has 0 aromatic carbocycles. The Kier molecular flexibility index (Phi) is 7.82. The number of amides is 2. The summed E-state index contributed by atoms with van der Waals surface area (Å²) in [6.45, 7) is 0. The molecule has 2 aliphatic heterocycles. The van der Waals surface area contributed by atoms with E-state index in [1.54, 1.807) is 0 Å². The molecule has 2 atom stereocenters. The monoisotopic (exact) mass is 570 g/mol. The molecule has 0 bridgehead atoms. The molecule has 4 heterocycles. The molecule has 1 fully saturated rings. The number of β-lactam (4-membered cyclic amide) rings is 1. The number of thiazole rings is 2. The molecule has 190 valence electrons. The van der Waals surface area contributed by atoms with Crippen molar-refractivity contribution in [3.63, 3.8) is 0 Å². The highest BCUT2D eigenvalue weighted by atomic mass is 32.2. The second kappa shape index (κ2) is 10.9. The first kappa shape index (κ1) is 25.9. The SMILES string of the molecule is CO/N=C(\C(=O)NC1C(=O)N2C(C(=O)O)=C(CSc3scnc3C(=O)OC)CS[C@H]12)c1csc(N)n1. The highest BCUT2D eigenvalue weighted by Gasteiger charge is 2.54. The number of anilines is 1. The van der Waals surface area contributed by atoms with E-state index in [-0.39, 0.29) is 33.7 Å². The summed E-state index contributed by atoms with van der Waals surface area (Å²) < 4.78 is 5.30. The molecular formula is C19H18N6O7S4. The van der Waals surface area contributed by atoms with Crippen molar-refractivity contribution in [3.05, 3.63) is 33.5 Å². The quantitative estimate of drug-likeness (QED) is 0.127. The number of oxime groups is 1. The lowest BCUT2D eigenvalue weighted by Gasteiger charge is -2.49. The van der Waals surface area contributed by atoms with Gasteiger partial charge in [-0.15, -0.1) is 46.2 Å². The van der Waals surface area contributed by atoms with Gasteiger partial charge in [0.1, 0.15) is 29.9 Å². The first-order valence-corrected chi connectivity index (χ1v) is 13.7. The van der Waals surface area contributed by atoms with Crippen LogP contribution in [0.3, 0.4) is 0 Å². The number of rotatable bonds is 9. The van der Waals surface area contributed by atoms with Gasteiger partial charge in [-0.2, -0.15) is 0 Å². The molecule has 2 aliphatic rings. The fourth-order valence-corrected chi connectivity index (χ4v) is 7.34. The third-order valence-electron chi connectivity index (χ3n) is 4.99. The summed E-state index contributed by atoms with van der Waals surface area (Å²) in [6, 6.07) is -0.962. The van der Waals surface area contributed by atoms with Crippen molar-refractivity contribution < 1.29 is 33.9 Å². The zero-order chi connectivity index (χ0) is 26.0. The van der Waals surface area contributed by atoms with Gasteiger partial charge in [-0.3, -0.25) is 14.5 Å². The Balaban J connectivity index is 1.49. The first-order valence-electron chi connectivity index (χ1n) is 9.94. The highest BCUT2D eigenvalue weighted by Crippen LogP contribution is 2.42. The molecule has 17 heteroatoms. The number of hydrogen-bond donors (Lipinski definition) is 3. The molecular weight excluding hydrogens is 553 g/mol. The van der Waals surface area contributed by atoms with Gasteiger partial charge in [-0.05, 0) is 5.57 Å². The lowest BCUT2D eigenvalue weighted by Crippen LogP contribution is -2.71. The van der Waals surface area contributed by atoms with Crippen molar-refractivity contribution >= 4 is 80.8 Å². The van der Waals surface area contributed by atoms with Gasteiger partial charge in [0, 0.05) is 16.9 Å². The fourth-order valence-electron chi connectivity index (χ4n) is 3.42. The molecule has 0 saturated carbocycles. The highest BCUT2D eigenvalue weighted by molar-refractivity contribution is 8.02. The number of aromatic nitrogens is 2. The first-order chi connectivity index (χ1) is 17.3. The minimum Gasteiger partial charge on any atom is -0.477 e. The summed E-state index contributed by atoms with van der Waals surface area (Å²) >= 11 is 4.91. The summed E-state index contributed by atoms with van der Waals surface area (Å²) in [4.78, 5) is 63.7. The van der Waals surface area contributed by atoms with E-state index in [0.29, 0.717) is 15.5 Å². The Bertz CT molecular complexity index is 1290. The van der Waals surface area contributed by atoms with Crippen molar-refractivity contribution in [3.8, 4) is 0 Å². The number of thioether (sulfide) groups is 2. The Morgan fingerprint density at radius 2 is 2.14 bits per heavy atom. The van der Waals surface area contributed by atoms with Crippen LogP contribution in [-0.2, 0) is 24.0 Å². The molecule has 2 amide bonds. The molecule has 13 nitrogen and oxygen atoms in total. The van der Waals surface area contributed by atoms with E-state index in [4.69, 9.17) is 15.3 Å². The summed E-state index contributed by atoms with van der Waals surface area (Å²) in [5.74, 6) is -2.58. The van der Waals surface area contributed by atoms with Crippen LogP contribution < -0.4 is 11.1 Å². The molecule has 1 saturated heterocycles. The maximum atomic E-state index is 12.9. The number of nitrogens with one attached hydrogen (secondary N) is 1. The predicted octanol–water partition coefficient (Wildman–Crippen LogP) is 0.850. The van der Waals surface area contributed by atoms with Gasteiger partial charge in [-0.1, -0.05) is 5.16 Å². The van der Waals surface area contributed by atoms with Gasteiger partial charge in [0.25, 0.3) is 11.8 Å². The van der Waals surface area contributed by atoms with Crippen molar-refractivity contribution in [2.24, 2.45) is 5.16 Å². The lowest BCUT2D eigenvalue weighted by atomic mass is 10.0. The van der Waals surface area contributed by atoms with Crippen LogP contribution in [0.25, 0.3) is 0 Å². The van der Waals surface area contributed by atoms with Crippen molar-refractivity contribution in [2.45, 2.75) is 15.6 Å². The summed E-state index contributed by atoms with van der Waals surface area (Å²) in [5, 5.41) is 17.3. The van der Waals surface area contributed by atoms with Crippen molar-refractivity contribution in [1.29, 1.82) is 0 Å². The van der Waals surface area contributed by atoms with E-state index in [9.17, 15) is 24.3 Å². The number of carbonyl (C=O) groups is 4. The predicted molar refractivity (Wildman–Crippen MR) is 134 cm³/mol. The number of fused-ring (bicyclic) bond motifs is 1. The topological polar surface area (TPSA) is 186 Å². The zero-order valence-corrected chi connectivity index (χ0v) is 21.9. The van der Waals surface area contributed by atoms with Gasteiger partial charge in [0.2, 0.25) is 0 Å². The number of hydrogen-bond acceptors (Lipinski definition) is 14. The van der Waals surface area contributed by atoms with Crippen LogP contribution in [0.1, 0.15) is 16.2 Å². The Hall–Kier alpha value is -3.15. The van der Waals surface area contributed by atoms with Gasteiger partial charge in [-0.25, -0.2) is 19.6 Å². The molecule has 2 aromatic heterocycles. The zero-order valence-electron chi connectivity index (χ0n) is 18.6. The largest absolute Gasteiger partial charge is 0.477 e. The normalized spacial score (nSPS) is 19.4. The molecule has 0 radical (unpaired) electrons. The van der Waals surface area contributed by atoms with E-state index in [1.807, 2.05) is 0 Å². The minimum absolute atomic E-state index is 0.135. The van der Waals surface area contributed by atoms with Crippen LogP contribution >= 0.6 is 46.2 Å². The number of esters is 1. The summed E-state index contributed by atoms with van der Waals surface area (Å²) in [5.41, 5.74) is 7.70. The standard InChI is InChI=1S/C19H18N6O7S4/c1-31-17(30)11-18(36-6-21-11)34-4-7-3-33-15-10(14(27)25(15)12(7)16(28)29)23-13(26)9(24-32-2)8-5-35-19(20)22-8/h5-6,10,15H,3-4H2,1-2H3,(H2,20,22)(H,23,26)(H,28,29)/b24-9-/t10?,15-/m1/s1. The van der Waals surface area contributed by atoms with Crippen LogP contribution in [0.4, 0.5) is 5.13 Å². The maximum absolute atomic E-state index is 12.9. The van der Waals surface area contributed by atoms with Gasteiger partial charge in [0.05, 0.1) is 16.8 Å². The third-order valence-corrected chi connectivity index (χ3v) is 9.21. The van der Waals surface area contributed by atoms with E-state index in [2.05, 4.69) is 20.4 Å². The summed E-state index contributed by atoms with van der Waals surface area (Å²) in [7, 11) is 2.51. The second-order valence-electron chi connectivity index (χ2n) is 7.08. The van der Waals surface area contributed by atoms with Crippen molar-refractivity contribution in [2.75, 3.05) is 31.5 Å². The minimum atomic E-state index is -1.26. The van der Waals surface area contributed by atoms with Crippen LogP contribution in [-0.4, -0.2) is 86.6 Å². The average molecular weight is 571 g/mol. The molecule has 36 heavy (non-hydrogen) atoms. The molecule has 2 aromatic rings. The maximum Gasteiger partial charge on any atom is 0.358 e. The van der Waals surface area contributed by atoms with Crippen LogP contribution in [0.5, 0.6) is 0 Å². The number of carboxylic acid groups (broad SMARTS) is 1. The number of nitrogen functional groups attached to an aromatic ring is 1. The Labute approximate surface area is 220 Å². The Morgan fingerprint density at radius 3 is 2.78 bits per heavy atom. The number of ether oxygens (including phenoxy) is 1. The molecule has 0 aliphatic carbocycles. The average Bonchev–Trinajstić information content (AvgIpc) is 3.51. The molecule has 4 rings (SSSR count). The van der Waals surface area contributed by atoms with E-state index >= 15 is 0 Å². The number of aliphatic carboxylic acids is 1. The Morgan fingerprint density at radius 1 is 1.36 bits per heavy atom. The second-order valence-corrected chi connectivity index (χ2v) is 11.2. The van der Waals surface area contributed by atoms with Gasteiger partial charge < -0.3 is 25.7 Å². The van der Waals surface area contributed by atoms with Crippen LogP contribution in [0, 0.1) is 0 Å². The third kappa shape index (κ3) is 4.91. The van der Waals surface area contributed by atoms with E-state index in [0.717, 1.165) is 11.3 Å². The molecule has 1 unspecified atom stereocenters. The smallest absolute Gasteiger partial charge is 0.358 e. The molecule has 0 spiro atoms. The number of nitrogens with zero attached hydrogens (tertiary/aromatic N) is 4. The number of methoxy groups -OCH3 is 1. The van der Waals surface area contributed by atoms with Gasteiger partial charge >= 0.3 is 11.9 Å². The summed E-state index contributed by atoms with van der Waals surface area (Å²) in [6.07, 6.45) is 0. The number of nitrogens with two attached hydrogens (primary N) is 1. The van der Waals surface area contributed by atoms with Crippen LogP contribution in [0.15, 0.2) is 31.5 Å². The van der Waals surface area contributed by atoms with Gasteiger partial charge in [0.15, 0.2) is 16.5 Å². The lowest BCUT2D eigenvalue weighted by molar-refractivity contribution is -0.150. The van der Waals surface area contributed by atoms with E-state index < -0.39 is 35.2 Å². The van der Waals surface area contributed by atoms with Crippen molar-refractivity contribution in [1.82, 2.24) is 20.2 Å².